The molecule has 0 fully saturated rings. The Morgan fingerprint density at radius 1 is 1.38 bits per heavy atom. The Balaban J connectivity index is 2.41. The summed E-state index contributed by atoms with van der Waals surface area (Å²) < 4.78 is 39.8. The highest BCUT2D eigenvalue weighted by molar-refractivity contribution is 6.14. The van der Waals surface area contributed by atoms with E-state index in [2.05, 4.69) is 16.5 Å². The molecule has 2 heterocycles. The molecule has 9 heteroatoms. The van der Waals surface area contributed by atoms with Crippen LogP contribution in [0.15, 0.2) is 29.6 Å². The zero-order valence-electron chi connectivity index (χ0n) is 12.2. The highest BCUT2D eigenvalue weighted by Gasteiger charge is 2.31. The van der Waals surface area contributed by atoms with E-state index in [4.69, 9.17) is 5.11 Å². The lowest BCUT2D eigenvalue weighted by Crippen LogP contribution is -2.12. The zero-order valence-corrected chi connectivity index (χ0v) is 12.2. The normalized spacial score (nSPS) is 12.0. The Labute approximate surface area is 131 Å². The molecule has 0 saturated heterocycles. The van der Waals surface area contributed by atoms with Gasteiger partial charge in [-0.1, -0.05) is 6.58 Å². The number of carboxylic acids is 1. The van der Waals surface area contributed by atoms with E-state index in [1.807, 2.05) is 0 Å². The number of halogens is 3. The summed E-state index contributed by atoms with van der Waals surface area (Å²) in [5, 5.41) is 9.03. The maximum Gasteiger partial charge on any atom is 0.416 e. The van der Waals surface area contributed by atoms with Crippen molar-refractivity contribution in [2.45, 2.75) is 13.1 Å². The topological polar surface area (TPSA) is 87.5 Å². The molecule has 24 heavy (non-hydrogen) atoms. The van der Waals surface area contributed by atoms with Crippen LogP contribution in [0.5, 0.6) is 0 Å². The van der Waals surface area contributed by atoms with Crippen molar-refractivity contribution in [3.63, 3.8) is 0 Å². The summed E-state index contributed by atoms with van der Waals surface area (Å²) >= 11 is 0. The minimum atomic E-state index is -4.55. The number of hydrogen-bond donors (Lipinski definition) is 2. The molecule has 0 aliphatic rings. The fraction of sp³-hybridized carbons (Fsp3) is 0.133. The lowest BCUT2D eigenvalue weighted by atomic mass is 10.1. The number of benzene rings is 1. The molecule has 0 atom stereocenters. The molecular weight excluding hydrogens is 327 g/mol. The third kappa shape index (κ3) is 2.25. The number of H-pyrrole nitrogens is 1. The molecule has 2 N–H and O–H groups in total. The van der Waals surface area contributed by atoms with Crippen LogP contribution in [0, 0.1) is 6.92 Å². The molecule has 3 rings (SSSR count). The van der Waals surface area contributed by atoms with Crippen molar-refractivity contribution in [1.29, 1.82) is 0 Å². The second-order valence-electron chi connectivity index (χ2n) is 5.17. The van der Waals surface area contributed by atoms with Crippen LogP contribution in [0.25, 0.3) is 22.3 Å². The third-order valence-electron chi connectivity index (χ3n) is 3.67. The Morgan fingerprint density at radius 3 is 2.62 bits per heavy atom. The van der Waals surface area contributed by atoms with E-state index >= 15 is 0 Å². The Hall–Kier alpha value is -3.10. The number of nitrogens with zero attached hydrogens (tertiary/aromatic N) is 2. The molecule has 0 spiro atoms. The van der Waals surface area contributed by atoms with Gasteiger partial charge in [-0.3, -0.25) is 9.20 Å². The number of carboxylic acid groups (broad SMARTS) is 1. The van der Waals surface area contributed by atoms with E-state index in [-0.39, 0.29) is 27.9 Å². The number of alkyl halides is 3. The van der Waals surface area contributed by atoms with Crippen LogP contribution in [0.3, 0.4) is 0 Å². The molecule has 0 radical (unpaired) electrons. The second kappa shape index (κ2) is 4.95. The van der Waals surface area contributed by atoms with Gasteiger partial charge in [-0.2, -0.15) is 13.2 Å². The van der Waals surface area contributed by atoms with Crippen molar-refractivity contribution in [3.05, 3.63) is 52.1 Å². The monoisotopic (exact) mass is 337 g/mol. The van der Waals surface area contributed by atoms with E-state index in [9.17, 15) is 22.8 Å². The third-order valence-corrected chi connectivity index (χ3v) is 3.67. The molecule has 0 unspecified atom stereocenters. The summed E-state index contributed by atoms with van der Waals surface area (Å²) in [4.78, 5) is 29.5. The number of fused-ring (bicyclic) bond motifs is 3. The molecular formula is C15H10F3N3O3. The van der Waals surface area contributed by atoms with Gasteiger partial charge >= 0.3 is 12.1 Å². The van der Waals surface area contributed by atoms with E-state index in [0.29, 0.717) is 5.69 Å². The Kier molecular flexibility index (Phi) is 3.25. The maximum atomic E-state index is 12.8. The summed E-state index contributed by atoms with van der Waals surface area (Å²) in [5.74, 6) is -1.30. The Morgan fingerprint density at radius 2 is 2.04 bits per heavy atom. The van der Waals surface area contributed by atoms with Crippen LogP contribution in [0.1, 0.15) is 17.0 Å². The van der Waals surface area contributed by atoms with Gasteiger partial charge in [-0.05, 0) is 25.1 Å². The van der Waals surface area contributed by atoms with Crippen molar-refractivity contribution in [3.8, 4) is 0 Å². The molecule has 0 aliphatic heterocycles. The van der Waals surface area contributed by atoms with Crippen molar-refractivity contribution in [1.82, 2.24) is 14.4 Å². The lowest BCUT2D eigenvalue weighted by molar-refractivity contribution is -0.137. The molecule has 6 nitrogen and oxygen atoms in total. The first-order valence-corrected chi connectivity index (χ1v) is 6.66. The number of rotatable bonds is 2. The fourth-order valence-corrected chi connectivity index (χ4v) is 2.52. The molecule has 124 valence electrons. The van der Waals surface area contributed by atoms with Crippen LogP contribution in [-0.2, 0) is 11.0 Å². The van der Waals surface area contributed by atoms with Gasteiger partial charge in [0.2, 0.25) is 5.65 Å². The molecule has 3 aromatic rings. The van der Waals surface area contributed by atoms with E-state index in [0.717, 1.165) is 12.1 Å². The average Bonchev–Trinajstić information content (AvgIpc) is 2.83. The first-order valence-electron chi connectivity index (χ1n) is 6.66. The van der Waals surface area contributed by atoms with Gasteiger partial charge in [0.15, 0.2) is 0 Å². The lowest BCUT2D eigenvalue weighted by Gasteiger charge is -2.09. The van der Waals surface area contributed by atoms with Gasteiger partial charge in [0.05, 0.1) is 27.9 Å². The first-order chi connectivity index (χ1) is 11.1. The van der Waals surface area contributed by atoms with Crippen molar-refractivity contribution in [2.75, 3.05) is 0 Å². The van der Waals surface area contributed by atoms with Gasteiger partial charge in [-0.15, -0.1) is 0 Å². The van der Waals surface area contributed by atoms with Crippen LogP contribution < -0.4 is 5.56 Å². The molecule has 2 aromatic heterocycles. The Bertz CT molecular complexity index is 1080. The smallest absolute Gasteiger partial charge is 0.416 e. The summed E-state index contributed by atoms with van der Waals surface area (Å²) in [5.41, 5.74) is -1.52. The average molecular weight is 337 g/mol. The minimum Gasteiger partial charge on any atom is -0.478 e. The van der Waals surface area contributed by atoms with Crippen molar-refractivity contribution >= 4 is 28.2 Å². The first kappa shape index (κ1) is 15.8. The van der Waals surface area contributed by atoms with Gasteiger partial charge in [0.25, 0.3) is 5.56 Å². The SMILES string of the molecule is C=C(C(=O)O)c1nc2c(=O)[nH]c3cc(C(F)(F)F)ccc3n2c1C. The fourth-order valence-electron chi connectivity index (χ4n) is 2.52. The number of aliphatic carboxylic acids is 1. The maximum absolute atomic E-state index is 12.8. The van der Waals surface area contributed by atoms with E-state index in [1.54, 1.807) is 0 Å². The summed E-state index contributed by atoms with van der Waals surface area (Å²) in [6, 6.07) is 2.90. The summed E-state index contributed by atoms with van der Waals surface area (Å²) in [6.07, 6.45) is -4.55. The number of hydrogen-bond acceptors (Lipinski definition) is 3. The molecule has 0 aliphatic carbocycles. The van der Waals surface area contributed by atoms with Crippen molar-refractivity contribution in [2.24, 2.45) is 0 Å². The van der Waals surface area contributed by atoms with Crippen molar-refractivity contribution < 1.29 is 23.1 Å². The predicted molar refractivity (Wildman–Crippen MR) is 79.7 cm³/mol. The number of aryl methyl sites for hydroxylation is 1. The van der Waals surface area contributed by atoms with Gasteiger partial charge in [0, 0.05) is 5.69 Å². The summed E-state index contributed by atoms with van der Waals surface area (Å²) in [7, 11) is 0. The summed E-state index contributed by atoms with van der Waals surface area (Å²) in [6.45, 7) is 4.91. The van der Waals surface area contributed by atoms with Crippen LogP contribution >= 0.6 is 0 Å². The van der Waals surface area contributed by atoms with Crippen LogP contribution in [0.4, 0.5) is 13.2 Å². The molecule has 0 amide bonds. The molecule has 0 bridgehead atoms. The van der Waals surface area contributed by atoms with E-state index < -0.39 is 23.3 Å². The highest BCUT2D eigenvalue weighted by atomic mass is 19.4. The number of carbonyl (C=O) groups is 1. The number of nitrogens with one attached hydrogen (secondary N) is 1. The second-order valence-corrected chi connectivity index (χ2v) is 5.17. The predicted octanol–water partition coefficient (Wildman–Crippen LogP) is 2.60. The number of imidazole rings is 1. The molecule has 0 saturated carbocycles. The van der Waals surface area contributed by atoms with Crippen LogP contribution in [-0.4, -0.2) is 25.4 Å². The minimum absolute atomic E-state index is 0.000368. The van der Waals surface area contributed by atoms with Gasteiger partial charge in [0.1, 0.15) is 0 Å². The highest BCUT2D eigenvalue weighted by Crippen LogP contribution is 2.31. The largest absolute Gasteiger partial charge is 0.478 e. The quantitative estimate of drug-likeness (QED) is 0.704. The standard InChI is InChI=1S/C15H10F3N3O3/c1-6(14(23)24)11-7(2)21-10-4-3-8(15(16,17)18)5-9(10)19-13(22)12(21)20-11/h3-5H,1H2,2H3,(H,19,22)(H,23,24). The number of aromatic amines is 1. The van der Waals surface area contributed by atoms with Crippen LogP contribution in [0.2, 0.25) is 0 Å². The van der Waals surface area contributed by atoms with Gasteiger partial charge < -0.3 is 10.1 Å². The van der Waals surface area contributed by atoms with Gasteiger partial charge in [-0.25, -0.2) is 9.78 Å². The molecule has 1 aromatic carbocycles. The van der Waals surface area contributed by atoms with E-state index in [1.165, 1.54) is 17.4 Å². The zero-order chi connectivity index (χ0) is 17.8. The number of aromatic nitrogens is 3.